The van der Waals surface area contributed by atoms with Gasteiger partial charge in [-0.05, 0) is 98.4 Å². The fourth-order valence-electron chi connectivity index (χ4n) is 7.78. The first-order valence-corrected chi connectivity index (χ1v) is 17.6. The molecule has 3 heterocycles. The maximum atomic E-state index is 12.9. The third-order valence-corrected chi connectivity index (χ3v) is 10.2. The van der Waals surface area contributed by atoms with Gasteiger partial charge in [0, 0.05) is 11.9 Å². The lowest BCUT2D eigenvalue weighted by molar-refractivity contribution is 0.0412. The molecule has 2 aromatic heterocycles. The zero-order valence-electron chi connectivity index (χ0n) is 28.7. The second kappa shape index (κ2) is 12.2. The summed E-state index contributed by atoms with van der Waals surface area (Å²) in [4.78, 5) is 42.9. The molecule has 0 spiro atoms. The van der Waals surface area contributed by atoms with Gasteiger partial charge in [0.05, 0.1) is 28.1 Å². The molecule has 1 unspecified atom stereocenters. The molecule has 6 aromatic rings. The van der Waals surface area contributed by atoms with Crippen LogP contribution in [0.1, 0.15) is 83.4 Å². The van der Waals surface area contributed by atoms with Gasteiger partial charge < -0.3 is 25.1 Å². The maximum Gasteiger partial charge on any atom is 0.408 e. The van der Waals surface area contributed by atoms with E-state index in [9.17, 15) is 14.7 Å². The quantitative estimate of drug-likeness (QED) is 0.144. The number of carbonyl (C=O) groups excluding carboxylic acids is 1. The third kappa shape index (κ3) is 5.93. The number of hydrogen-bond acceptors (Lipinski definition) is 5. The van der Waals surface area contributed by atoms with Gasteiger partial charge in [-0.1, -0.05) is 67.8 Å². The van der Waals surface area contributed by atoms with E-state index in [4.69, 9.17) is 14.7 Å². The molecule has 1 atom stereocenters. The summed E-state index contributed by atoms with van der Waals surface area (Å²) in [6.07, 6.45) is 5.10. The first kappa shape index (κ1) is 31.9. The van der Waals surface area contributed by atoms with Crippen LogP contribution in [-0.4, -0.2) is 54.3 Å². The minimum atomic E-state index is -0.901. The molecule has 8 rings (SSSR count). The Morgan fingerprint density at radius 1 is 0.840 bits per heavy atom. The Labute approximate surface area is 290 Å². The second-order valence-electron chi connectivity index (χ2n) is 14.8. The van der Waals surface area contributed by atoms with E-state index in [1.807, 2.05) is 32.9 Å². The number of aromatic amines is 2. The van der Waals surface area contributed by atoms with Gasteiger partial charge in [-0.25, -0.2) is 19.6 Å². The van der Waals surface area contributed by atoms with Gasteiger partial charge in [0.15, 0.2) is 0 Å². The summed E-state index contributed by atoms with van der Waals surface area (Å²) in [6.45, 7) is 6.16. The number of nitrogens with zero attached hydrogens (tertiary/aromatic N) is 3. The summed E-state index contributed by atoms with van der Waals surface area (Å²) in [7, 11) is 0. The van der Waals surface area contributed by atoms with Crippen molar-refractivity contribution in [2.75, 3.05) is 6.54 Å². The molecule has 256 valence electrons. The molecule has 10 heteroatoms. The van der Waals surface area contributed by atoms with Crippen LogP contribution in [0.5, 0.6) is 0 Å². The minimum absolute atomic E-state index is 0.238. The van der Waals surface area contributed by atoms with E-state index in [1.54, 1.807) is 0 Å². The zero-order valence-corrected chi connectivity index (χ0v) is 28.7. The van der Waals surface area contributed by atoms with Crippen molar-refractivity contribution in [2.24, 2.45) is 0 Å². The average molecular weight is 671 g/mol. The van der Waals surface area contributed by atoms with Crippen LogP contribution in [0.2, 0.25) is 0 Å². The van der Waals surface area contributed by atoms with Crippen LogP contribution < -0.4 is 5.32 Å². The number of ether oxygens (including phenoxy) is 1. The molecule has 0 radical (unpaired) electrons. The van der Waals surface area contributed by atoms with E-state index in [0.717, 1.165) is 106 Å². The van der Waals surface area contributed by atoms with Crippen molar-refractivity contribution in [2.45, 2.75) is 82.9 Å². The van der Waals surface area contributed by atoms with Crippen LogP contribution in [0.4, 0.5) is 9.59 Å². The highest BCUT2D eigenvalue weighted by molar-refractivity contribution is 6.05. The molecule has 0 bridgehead atoms. The van der Waals surface area contributed by atoms with E-state index < -0.39 is 23.3 Å². The van der Waals surface area contributed by atoms with Gasteiger partial charge in [0.1, 0.15) is 22.8 Å². The molecule has 1 saturated heterocycles. The monoisotopic (exact) mass is 670 g/mol. The lowest BCUT2D eigenvalue weighted by atomic mass is 9.81. The Bertz CT molecular complexity index is 2240. The zero-order chi connectivity index (χ0) is 34.6. The van der Waals surface area contributed by atoms with E-state index >= 15 is 0 Å². The Hall–Kier alpha value is -5.38. The number of alkyl carbamates (subject to hydrolysis) is 1. The van der Waals surface area contributed by atoms with Crippen molar-refractivity contribution >= 4 is 45.0 Å². The molecule has 10 nitrogen and oxygen atoms in total. The second-order valence-corrected chi connectivity index (χ2v) is 14.8. The minimum Gasteiger partial charge on any atom is -0.465 e. The number of H-pyrrole nitrogens is 2. The molecule has 4 N–H and O–H groups in total. The van der Waals surface area contributed by atoms with Crippen molar-refractivity contribution in [1.82, 2.24) is 30.2 Å². The summed E-state index contributed by atoms with van der Waals surface area (Å²) in [5, 5.41) is 14.9. The molecule has 50 heavy (non-hydrogen) atoms. The van der Waals surface area contributed by atoms with Crippen molar-refractivity contribution in [1.29, 1.82) is 0 Å². The van der Waals surface area contributed by atoms with Crippen LogP contribution in [-0.2, 0) is 10.3 Å². The number of likely N-dealkylation sites (tertiary alicyclic amines) is 1. The highest BCUT2D eigenvalue weighted by atomic mass is 16.6. The van der Waals surface area contributed by atoms with Crippen LogP contribution in [0, 0.1) is 0 Å². The highest BCUT2D eigenvalue weighted by Gasteiger charge is 2.39. The molecular weight excluding hydrogens is 628 g/mol. The van der Waals surface area contributed by atoms with Gasteiger partial charge in [-0.15, -0.1) is 0 Å². The first-order chi connectivity index (χ1) is 24.0. The lowest BCUT2D eigenvalue weighted by Crippen LogP contribution is -2.49. The smallest absolute Gasteiger partial charge is 0.408 e. The largest absolute Gasteiger partial charge is 0.465 e. The van der Waals surface area contributed by atoms with Crippen LogP contribution >= 0.6 is 0 Å². The Balaban J connectivity index is 1.04. The number of carbonyl (C=O) groups is 2. The highest BCUT2D eigenvalue weighted by Crippen LogP contribution is 2.38. The normalized spacial score (nSPS) is 17.8. The molecule has 1 saturated carbocycles. The molecule has 4 aromatic carbocycles. The molecule has 2 amide bonds. The predicted octanol–water partition coefficient (Wildman–Crippen LogP) is 9.43. The predicted molar refractivity (Wildman–Crippen MR) is 195 cm³/mol. The number of amides is 2. The van der Waals surface area contributed by atoms with Gasteiger partial charge in [0.2, 0.25) is 0 Å². The fraction of sp³-hybridized carbons (Fsp3) is 0.350. The lowest BCUT2D eigenvalue weighted by Gasteiger charge is -2.36. The summed E-state index contributed by atoms with van der Waals surface area (Å²) >= 11 is 0. The molecule has 2 aliphatic rings. The third-order valence-electron chi connectivity index (χ3n) is 10.2. The van der Waals surface area contributed by atoms with E-state index in [0.29, 0.717) is 12.4 Å². The summed E-state index contributed by atoms with van der Waals surface area (Å²) < 4.78 is 5.63. The summed E-state index contributed by atoms with van der Waals surface area (Å²) in [5.41, 5.74) is 6.82. The van der Waals surface area contributed by atoms with E-state index in [2.05, 4.69) is 75.9 Å². The number of aromatic nitrogens is 4. The summed E-state index contributed by atoms with van der Waals surface area (Å²) in [5.74, 6) is 1.49. The SMILES string of the molecule is CC(C)(C)OC(=O)NC1(c2nc3ccc(-c4ccc(-c5ccc6c(ccc7[nH]c(C8CCCN8C(=O)O)nc76)c5)cc4)cc3[nH]2)CCCCC1. The number of nitrogens with one attached hydrogen (secondary N) is 3. The Morgan fingerprint density at radius 2 is 1.54 bits per heavy atom. The average Bonchev–Trinajstić information content (AvgIpc) is 3.86. The topological polar surface area (TPSA) is 136 Å². The van der Waals surface area contributed by atoms with E-state index in [-0.39, 0.29) is 6.04 Å². The Kier molecular flexibility index (Phi) is 7.77. The number of benzene rings is 4. The number of imidazole rings is 2. The van der Waals surface area contributed by atoms with Crippen molar-refractivity contribution in [3.8, 4) is 22.3 Å². The van der Waals surface area contributed by atoms with Gasteiger partial charge in [-0.2, -0.15) is 0 Å². The van der Waals surface area contributed by atoms with Gasteiger partial charge in [0.25, 0.3) is 0 Å². The van der Waals surface area contributed by atoms with Crippen molar-refractivity contribution < 1.29 is 19.4 Å². The van der Waals surface area contributed by atoms with Gasteiger partial charge in [-0.3, -0.25) is 4.90 Å². The van der Waals surface area contributed by atoms with Crippen LogP contribution in [0.15, 0.2) is 72.8 Å². The maximum absolute atomic E-state index is 12.9. The van der Waals surface area contributed by atoms with E-state index in [1.165, 1.54) is 4.90 Å². The number of rotatable bonds is 5. The number of fused-ring (bicyclic) bond motifs is 4. The fourth-order valence-corrected chi connectivity index (χ4v) is 7.78. The number of hydrogen-bond donors (Lipinski definition) is 4. The first-order valence-electron chi connectivity index (χ1n) is 17.6. The van der Waals surface area contributed by atoms with Crippen LogP contribution in [0.25, 0.3) is 55.1 Å². The van der Waals surface area contributed by atoms with Crippen LogP contribution in [0.3, 0.4) is 0 Å². The molecular formula is C40H42N6O4. The Morgan fingerprint density at radius 3 is 2.26 bits per heavy atom. The number of carboxylic acid groups (broad SMARTS) is 1. The molecule has 1 aliphatic carbocycles. The van der Waals surface area contributed by atoms with Crippen molar-refractivity contribution in [3.63, 3.8) is 0 Å². The van der Waals surface area contributed by atoms with Gasteiger partial charge >= 0.3 is 12.2 Å². The van der Waals surface area contributed by atoms with Crippen molar-refractivity contribution in [3.05, 3.63) is 84.4 Å². The molecule has 2 fully saturated rings. The summed E-state index contributed by atoms with van der Waals surface area (Å²) in [6, 6.07) is 25.1. The standard InChI is InChI=1S/C40H42N6O4/c1-39(2,3)50-37(47)45-40(19-5-4-6-20-40)36-42-30-17-14-27(23-32(30)43-36)25-11-9-24(10-12-25)26-13-16-29-28(22-26)15-18-31-34(29)44-35(41-31)33-8-7-21-46(33)38(48)49/h9-18,22-23,33H,4-8,19-21H2,1-3H3,(H,41,44)(H,42,43)(H,45,47)(H,48,49). The molecule has 1 aliphatic heterocycles.